The van der Waals surface area contributed by atoms with E-state index < -0.39 is 10.0 Å². The van der Waals surface area contributed by atoms with Crippen molar-refractivity contribution in [2.24, 2.45) is 0 Å². The van der Waals surface area contributed by atoms with E-state index in [4.69, 9.17) is 4.74 Å². The largest absolute Gasteiger partial charge is 0.379 e. The maximum absolute atomic E-state index is 13.1. The molecule has 2 aliphatic heterocycles. The molecule has 2 aromatic carbocycles. The van der Waals surface area contributed by atoms with Crippen LogP contribution < -0.4 is 4.90 Å². The fourth-order valence-electron chi connectivity index (χ4n) is 4.77. The molecule has 2 saturated heterocycles. The first-order valence-corrected chi connectivity index (χ1v) is 13.9. The quantitative estimate of drug-likeness (QED) is 0.509. The number of amides is 1. The van der Waals surface area contributed by atoms with E-state index >= 15 is 0 Å². The van der Waals surface area contributed by atoms with E-state index in [1.807, 2.05) is 12.1 Å². The summed E-state index contributed by atoms with van der Waals surface area (Å²) in [5, 5.41) is 8.89. The van der Waals surface area contributed by atoms with Crippen LogP contribution in [0.5, 0.6) is 0 Å². The maximum Gasteiger partial charge on any atom is 0.253 e. The van der Waals surface area contributed by atoms with Crippen molar-refractivity contribution in [3.63, 3.8) is 0 Å². The molecule has 0 radical (unpaired) electrons. The molecule has 2 aliphatic rings. The molecule has 10 heteroatoms. The highest BCUT2D eigenvalue weighted by Crippen LogP contribution is 2.24. The van der Waals surface area contributed by atoms with Crippen LogP contribution >= 0.6 is 0 Å². The zero-order valence-corrected chi connectivity index (χ0v) is 21.9. The van der Waals surface area contributed by atoms with E-state index in [1.165, 1.54) is 27.6 Å². The number of rotatable bonds is 5. The van der Waals surface area contributed by atoms with Crippen molar-refractivity contribution >= 4 is 21.7 Å². The fraction of sp³-hybridized carbons (Fsp3) is 0.370. The maximum atomic E-state index is 13.1. The number of anilines is 1. The highest BCUT2D eigenvalue weighted by atomic mass is 32.2. The van der Waals surface area contributed by atoms with Gasteiger partial charge >= 0.3 is 0 Å². The lowest BCUT2D eigenvalue weighted by Crippen LogP contribution is -2.49. The molecule has 5 rings (SSSR count). The number of aryl methyl sites for hydroxylation is 2. The topological polar surface area (TPSA) is 95.9 Å². The molecule has 0 spiro atoms. The van der Waals surface area contributed by atoms with Gasteiger partial charge in [-0.05, 0) is 55.8 Å². The minimum absolute atomic E-state index is 0.105. The minimum atomic E-state index is -3.58. The average molecular weight is 522 g/mol. The third kappa shape index (κ3) is 5.36. The van der Waals surface area contributed by atoms with Crippen LogP contribution in [0.4, 0.5) is 5.82 Å². The van der Waals surface area contributed by atoms with Crippen LogP contribution in [-0.4, -0.2) is 86.2 Å². The summed E-state index contributed by atoms with van der Waals surface area (Å²) in [6, 6.07) is 16.5. The number of nitrogens with zero attached hydrogens (tertiary/aromatic N) is 5. The van der Waals surface area contributed by atoms with Gasteiger partial charge in [0, 0.05) is 50.4 Å². The average Bonchev–Trinajstić information content (AvgIpc) is 2.93. The molecule has 9 nitrogen and oxygen atoms in total. The number of ether oxygens (including phenoxy) is 1. The van der Waals surface area contributed by atoms with Gasteiger partial charge in [-0.3, -0.25) is 4.79 Å². The molecule has 0 atom stereocenters. The van der Waals surface area contributed by atoms with Gasteiger partial charge in [0.05, 0.1) is 23.8 Å². The summed E-state index contributed by atoms with van der Waals surface area (Å²) in [6.45, 7) is 8.00. The molecule has 0 saturated carbocycles. The highest BCUT2D eigenvalue weighted by Gasteiger charge is 2.27. The lowest BCUT2D eigenvalue weighted by Gasteiger charge is -2.35. The summed E-state index contributed by atoms with van der Waals surface area (Å²) in [4.78, 5) is 17.2. The number of carbonyl (C=O) groups excluding carboxylic acids is 1. The third-order valence-corrected chi connectivity index (χ3v) is 8.82. The lowest BCUT2D eigenvalue weighted by molar-refractivity contribution is 0.0730. The van der Waals surface area contributed by atoms with E-state index in [0.717, 1.165) is 17.1 Å². The molecular weight excluding hydrogens is 490 g/mol. The van der Waals surface area contributed by atoms with Gasteiger partial charge in [-0.25, -0.2) is 8.42 Å². The number of piperazine rings is 1. The van der Waals surface area contributed by atoms with Crippen LogP contribution in [0.15, 0.2) is 59.5 Å². The number of benzene rings is 2. The summed E-state index contributed by atoms with van der Waals surface area (Å²) < 4.78 is 32.3. The number of sulfonamides is 1. The Kier molecular flexibility index (Phi) is 7.23. The van der Waals surface area contributed by atoms with Gasteiger partial charge in [0.2, 0.25) is 10.0 Å². The third-order valence-electron chi connectivity index (χ3n) is 6.91. The lowest BCUT2D eigenvalue weighted by atomic mass is 10.0. The molecular formula is C27H31N5O4S. The van der Waals surface area contributed by atoms with Crippen molar-refractivity contribution in [2.75, 3.05) is 57.4 Å². The Hall–Kier alpha value is -3.34. The van der Waals surface area contributed by atoms with Crippen LogP contribution in [0.1, 0.15) is 21.5 Å². The molecule has 3 heterocycles. The Balaban J connectivity index is 1.19. The Bertz CT molecular complexity index is 1360. The fourth-order valence-corrected chi connectivity index (χ4v) is 6.17. The van der Waals surface area contributed by atoms with Crippen molar-refractivity contribution in [3.05, 3.63) is 71.3 Å². The second-order valence-electron chi connectivity index (χ2n) is 9.42. The molecule has 37 heavy (non-hydrogen) atoms. The van der Waals surface area contributed by atoms with E-state index in [1.54, 1.807) is 17.0 Å². The molecule has 0 bridgehead atoms. The SMILES string of the molecule is Cc1ccc(-c2ccc(N3CCN(C(=O)c4ccc(S(=O)(=O)N5CCOCC5)cc4)CC3)nn2)c(C)c1. The monoisotopic (exact) mass is 521 g/mol. The summed E-state index contributed by atoms with van der Waals surface area (Å²) in [5.74, 6) is 0.685. The number of aromatic nitrogens is 2. The molecule has 0 N–H and O–H groups in total. The smallest absolute Gasteiger partial charge is 0.253 e. The van der Waals surface area contributed by atoms with E-state index in [-0.39, 0.29) is 10.8 Å². The van der Waals surface area contributed by atoms with Gasteiger partial charge in [0.1, 0.15) is 0 Å². The van der Waals surface area contributed by atoms with Crippen molar-refractivity contribution in [3.8, 4) is 11.3 Å². The summed E-state index contributed by atoms with van der Waals surface area (Å²) in [7, 11) is -3.58. The summed E-state index contributed by atoms with van der Waals surface area (Å²) in [5.41, 5.74) is 4.78. The first-order chi connectivity index (χ1) is 17.8. The molecule has 0 unspecified atom stereocenters. The Labute approximate surface area is 217 Å². The first kappa shape index (κ1) is 25.3. The molecule has 3 aromatic rings. The van der Waals surface area contributed by atoms with Crippen LogP contribution in [0.2, 0.25) is 0 Å². The molecule has 1 aromatic heterocycles. The number of hydrogen-bond donors (Lipinski definition) is 0. The zero-order chi connectivity index (χ0) is 26.0. The van der Waals surface area contributed by atoms with Crippen LogP contribution in [0, 0.1) is 13.8 Å². The van der Waals surface area contributed by atoms with Gasteiger partial charge in [0.15, 0.2) is 5.82 Å². The van der Waals surface area contributed by atoms with Crippen molar-refractivity contribution in [1.82, 2.24) is 19.4 Å². The minimum Gasteiger partial charge on any atom is -0.379 e. The van der Waals surface area contributed by atoms with Crippen LogP contribution in [0.3, 0.4) is 0 Å². The molecule has 194 valence electrons. The highest BCUT2D eigenvalue weighted by molar-refractivity contribution is 7.89. The molecule has 2 fully saturated rings. The standard InChI is InChI=1S/C27H31N5O4S/c1-20-3-8-24(21(2)19-20)25-9-10-26(29-28-25)30-11-13-31(14-12-30)27(33)22-4-6-23(7-5-22)37(34,35)32-15-17-36-18-16-32/h3-10,19H,11-18H2,1-2H3. The zero-order valence-electron chi connectivity index (χ0n) is 21.1. The van der Waals surface area contributed by atoms with Gasteiger partial charge in [-0.2, -0.15) is 4.31 Å². The Morgan fingerprint density at radius 2 is 1.54 bits per heavy atom. The normalized spacial score (nSPS) is 17.1. The van der Waals surface area contributed by atoms with E-state index in [9.17, 15) is 13.2 Å². The van der Waals surface area contributed by atoms with Gasteiger partial charge < -0.3 is 14.5 Å². The van der Waals surface area contributed by atoms with E-state index in [2.05, 4.69) is 47.1 Å². The molecule has 1 amide bonds. The van der Waals surface area contributed by atoms with Crippen LogP contribution in [-0.2, 0) is 14.8 Å². The predicted molar refractivity (Wildman–Crippen MR) is 141 cm³/mol. The Morgan fingerprint density at radius 1 is 0.838 bits per heavy atom. The van der Waals surface area contributed by atoms with Gasteiger partial charge in [-0.1, -0.05) is 23.8 Å². The van der Waals surface area contributed by atoms with Gasteiger partial charge in [-0.15, -0.1) is 10.2 Å². The number of carbonyl (C=O) groups is 1. The summed E-state index contributed by atoms with van der Waals surface area (Å²) in [6.07, 6.45) is 0. The second-order valence-corrected chi connectivity index (χ2v) is 11.4. The van der Waals surface area contributed by atoms with Crippen molar-refractivity contribution in [1.29, 1.82) is 0 Å². The second kappa shape index (κ2) is 10.6. The van der Waals surface area contributed by atoms with Crippen molar-refractivity contribution in [2.45, 2.75) is 18.7 Å². The first-order valence-electron chi connectivity index (χ1n) is 12.5. The summed E-state index contributed by atoms with van der Waals surface area (Å²) >= 11 is 0. The Morgan fingerprint density at radius 3 is 2.16 bits per heavy atom. The van der Waals surface area contributed by atoms with Gasteiger partial charge in [0.25, 0.3) is 5.91 Å². The predicted octanol–water partition coefficient (Wildman–Crippen LogP) is 2.74. The molecule has 0 aliphatic carbocycles. The van der Waals surface area contributed by atoms with Crippen LogP contribution in [0.25, 0.3) is 11.3 Å². The number of hydrogen-bond acceptors (Lipinski definition) is 7. The van der Waals surface area contributed by atoms with Crippen molar-refractivity contribution < 1.29 is 17.9 Å². The van der Waals surface area contributed by atoms with E-state index in [0.29, 0.717) is 58.0 Å². The number of morpholine rings is 1.